The van der Waals surface area contributed by atoms with Crippen LogP contribution in [0.5, 0.6) is 5.75 Å². The van der Waals surface area contributed by atoms with E-state index in [0.717, 1.165) is 13.0 Å². The summed E-state index contributed by atoms with van der Waals surface area (Å²) < 4.78 is 33.8. The van der Waals surface area contributed by atoms with Crippen molar-refractivity contribution in [3.05, 3.63) is 17.7 Å². The van der Waals surface area contributed by atoms with Crippen molar-refractivity contribution in [1.29, 1.82) is 0 Å². The Morgan fingerprint density at radius 3 is 2.79 bits per heavy atom. The number of nitrogen functional groups attached to an aromatic ring is 1. The van der Waals surface area contributed by atoms with E-state index < -0.39 is 10.0 Å². The molecule has 1 saturated heterocycles. The lowest BCUT2D eigenvalue weighted by Crippen LogP contribution is -2.16. The fraction of sp³-hybridized carbons (Fsp3) is 0.500. The molecule has 4 N–H and O–H groups in total. The standard InChI is InChI=1S/C12H18N2O4S/c1-8-11(18-7-9-2-3-17-6-9)4-10(13)5-12(8)19(14,15)16/h4-5,9H,2-3,6-7,13H2,1H3,(H2,14,15,16). The van der Waals surface area contributed by atoms with E-state index in [2.05, 4.69) is 0 Å². The highest BCUT2D eigenvalue weighted by Gasteiger charge is 2.19. The molecule has 2 rings (SSSR count). The molecule has 1 aromatic carbocycles. The Balaban J connectivity index is 2.22. The number of primary sulfonamides is 1. The molecule has 7 heteroatoms. The van der Waals surface area contributed by atoms with E-state index in [1.807, 2.05) is 0 Å². The van der Waals surface area contributed by atoms with Crippen LogP contribution in [-0.4, -0.2) is 28.2 Å². The normalized spacial score (nSPS) is 19.6. The van der Waals surface area contributed by atoms with Gasteiger partial charge < -0.3 is 15.2 Å². The van der Waals surface area contributed by atoms with E-state index in [-0.39, 0.29) is 4.90 Å². The minimum atomic E-state index is -3.80. The Kier molecular flexibility index (Phi) is 3.98. The van der Waals surface area contributed by atoms with Crippen molar-refractivity contribution in [3.8, 4) is 5.75 Å². The molecular weight excluding hydrogens is 268 g/mol. The van der Waals surface area contributed by atoms with Gasteiger partial charge in [0.15, 0.2) is 0 Å². The smallest absolute Gasteiger partial charge is 0.238 e. The SMILES string of the molecule is Cc1c(OCC2CCOC2)cc(N)cc1S(N)(=O)=O. The summed E-state index contributed by atoms with van der Waals surface area (Å²) in [4.78, 5) is 0.00479. The van der Waals surface area contributed by atoms with E-state index in [0.29, 0.717) is 36.1 Å². The van der Waals surface area contributed by atoms with Gasteiger partial charge in [-0.3, -0.25) is 0 Å². The summed E-state index contributed by atoms with van der Waals surface area (Å²) in [5, 5.41) is 5.15. The number of rotatable bonds is 4. The fourth-order valence-electron chi connectivity index (χ4n) is 2.05. The van der Waals surface area contributed by atoms with E-state index in [4.69, 9.17) is 20.3 Å². The fourth-order valence-corrected chi connectivity index (χ4v) is 2.88. The third kappa shape index (κ3) is 3.37. The van der Waals surface area contributed by atoms with Crippen LogP contribution in [0.25, 0.3) is 0 Å². The van der Waals surface area contributed by atoms with Gasteiger partial charge in [0, 0.05) is 29.8 Å². The molecule has 1 aliphatic rings. The predicted octanol–water partition coefficient (Wildman–Crippen LogP) is 0.640. The second kappa shape index (κ2) is 5.36. The lowest BCUT2D eigenvalue weighted by Gasteiger charge is -2.15. The molecule has 1 heterocycles. The minimum absolute atomic E-state index is 0.00479. The third-order valence-corrected chi connectivity index (χ3v) is 4.18. The van der Waals surface area contributed by atoms with Crippen molar-refractivity contribution < 1.29 is 17.9 Å². The van der Waals surface area contributed by atoms with E-state index in [9.17, 15) is 8.42 Å². The summed E-state index contributed by atoms with van der Waals surface area (Å²) in [6.07, 6.45) is 0.948. The van der Waals surface area contributed by atoms with Crippen molar-refractivity contribution >= 4 is 15.7 Å². The molecule has 106 valence electrons. The van der Waals surface area contributed by atoms with Gasteiger partial charge in [0.05, 0.1) is 18.1 Å². The average molecular weight is 286 g/mol. The van der Waals surface area contributed by atoms with Crippen LogP contribution in [-0.2, 0) is 14.8 Å². The molecular formula is C12H18N2O4S. The summed E-state index contributed by atoms with van der Waals surface area (Å²) >= 11 is 0. The number of ether oxygens (including phenoxy) is 2. The lowest BCUT2D eigenvalue weighted by atomic mass is 10.1. The summed E-state index contributed by atoms with van der Waals surface area (Å²) in [6.45, 7) is 3.55. The highest BCUT2D eigenvalue weighted by atomic mass is 32.2. The predicted molar refractivity (Wildman–Crippen MR) is 71.4 cm³/mol. The quantitative estimate of drug-likeness (QED) is 0.790. The first-order chi connectivity index (χ1) is 8.88. The highest BCUT2D eigenvalue weighted by molar-refractivity contribution is 7.89. The Bertz CT molecular complexity index is 565. The molecule has 1 fully saturated rings. The zero-order chi connectivity index (χ0) is 14.0. The molecule has 1 atom stereocenters. The van der Waals surface area contributed by atoms with Crippen LogP contribution in [0.3, 0.4) is 0 Å². The zero-order valence-corrected chi connectivity index (χ0v) is 11.6. The van der Waals surface area contributed by atoms with E-state index in [1.54, 1.807) is 13.0 Å². The summed E-state index contributed by atoms with van der Waals surface area (Å²) in [5.74, 6) is 0.787. The molecule has 0 amide bonds. The molecule has 19 heavy (non-hydrogen) atoms. The largest absolute Gasteiger partial charge is 0.493 e. The maximum atomic E-state index is 11.5. The lowest BCUT2D eigenvalue weighted by molar-refractivity contribution is 0.167. The molecule has 0 aromatic heterocycles. The van der Waals surface area contributed by atoms with Crippen molar-refractivity contribution in [2.75, 3.05) is 25.6 Å². The van der Waals surface area contributed by atoms with Crippen LogP contribution >= 0.6 is 0 Å². The van der Waals surface area contributed by atoms with Gasteiger partial charge in [-0.2, -0.15) is 0 Å². The van der Waals surface area contributed by atoms with Gasteiger partial charge >= 0.3 is 0 Å². The maximum absolute atomic E-state index is 11.5. The topological polar surface area (TPSA) is 105 Å². The minimum Gasteiger partial charge on any atom is -0.493 e. The molecule has 0 bridgehead atoms. The van der Waals surface area contributed by atoms with Crippen molar-refractivity contribution in [2.24, 2.45) is 11.1 Å². The Labute approximate surface area is 112 Å². The molecule has 0 radical (unpaired) electrons. The molecule has 1 unspecified atom stereocenters. The molecule has 0 saturated carbocycles. The van der Waals surface area contributed by atoms with Gasteiger partial charge in [0.25, 0.3) is 0 Å². The van der Waals surface area contributed by atoms with Gasteiger partial charge in [-0.1, -0.05) is 0 Å². The van der Waals surface area contributed by atoms with Crippen LogP contribution in [0.15, 0.2) is 17.0 Å². The van der Waals surface area contributed by atoms with Crippen LogP contribution in [0, 0.1) is 12.8 Å². The van der Waals surface area contributed by atoms with Crippen LogP contribution < -0.4 is 15.6 Å². The third-order valence-electron chi connectivity index (χ3n) is 3.14. The summed E-state index contributed by atoms with van der Waals surface area (Å²) in [6, 6.07) is 2.95. The maximum Gasteiger partial charge on any atom is 0.238 e. The monoisotopic (exact) mass is 286 g/mol. The van der Waals surface area contributed by atoms with Crippen LogP contribution in [0.1, 0.15) is 12.0 Å². The number of hydrogen-bond acceptors (Lipinski definition) is 5. The average Bonchev–Trinajstić information content (AvgIpc) is 2.81. The number of sulfonamides is 1. The first-order valence-corrected chi connectivity index (χ1v) is 7.56. The number of anilines is 1. The second-order valence-electron chi connectivity index (χ2n) is 4.73. The van der Waals surface area contributed by atoms with Gasteiger partial charge in [0.1, 0.15) is 5.75 Å². The van der Waals surface area contributed by atoms with Gasteiger partial charge in [0.2, 0.25) is 10.0 Å². The molecule has 1 aliphatic heterocycles. The van der Waals surface area contributed by atoms with Crippen molar-refractivity contribution in [1.82, 2.24) is 0 Å². The van der Waals surface area contributed by atoms with Crippen molar-refractivity contribution in [3.63, 3.8) is 0 Å². The van der Waals surface area contributed by atoms with Crippen molar-refractivity contribution in [2.45, 2.75) is 18.2 Å². The second-order valence-corrected chi connectivity index (χ2v) is 6.26. The van der Waals surface area contributed by atoms with E-state index >= 15 is 0 Å². The van der Waals surface area contributed by atoms with Gasteiger partial charge in [-0.25, -0.2) is 13.6 Å². The number of benzene rings is 1. The van der Waals surface area contributed by atoms with Gasteiger partial charge in [-0.15, -0.1) is 0 Å². The zero-order valence-electron chi connectivity index (χ0n) is 10.8. The Hall–Kier alpha value is -1.31. The molecule has 0 spiro atoms. The van der Waals surface area contributed by atoms with Gasteiger partial charge in [-0.05, 0) is 19.4 Å². The molecule has 0 aliphatic carbocycles. The molecule has 1 aromatic rings. The summed E-state index contributed by atoms with van der Waals surface area (Å²) in [5.41, 5.74) is 6.48. The number of nitrogens with two attached hydrogens (primary N) is 2. The summed E-state index contributed by atoms with van der Waals surface area (Å²) in [7, 11) is -3.80. The van der Waals surface area contributed by atoms with E-state index in [1.165, 1.54) is 6.07 Å². The van der Waals surface area contributed by atoms with Crippen LogP contribution in [0.4, 0.5) is 5.69 Å². The first kappa shape index (κ1) is 14.1. The Morgan fingerprint density at radius 1 is 1.47 bits per heavy atom. The van der Waals surface area contributed by atoms with Crippen LogP contribution in [0.2, 0.25) is 0 Å². The molecule has 6 nitrogen and oxygen atoms in total. The Morgan fingerprint density at radius 2 is 2.21 bits per heavy atom. The first-order valence-electron chi connectivity index (χ1n) is 6.01. The number of hydrogen-bond donors (Lipinski definition) is 2. The highest BCUT2D eigenvalue weighted by Crippen LogP contribution is 2.28.